The third-order valence-corrected chi connectivity index (χ3v) is 5.73. The van der Waals surface area contributed by atoms with Gasteiger partial charge in [0, 0.05) is 18.0 Å². The lowest BCUT2D eigenvalue weighted by Gasteiger charge is -2.36. The molecule has 2 rings (SSSR count). The van der Waals surface area contributed by atoms with E-state index < -0.39 is 41.1 Å². The monoisotopic (exact) mass is 502 g/mol. The second kappa shape index (κ2) is 11.3. The van der Waals surface area contributed by atoms with Crippen LogP contribution >= 0.6 is 0 Å². The van der Waals surface area contributed by atoms with Crippen molar-refractivity contribution in [2.75, 3.05) is 0 Å². The van der Waals surface area contributed by atoms with Gasteiger partial charge in [-0.05, 0) is 72.8 Å². The molecule has 4 unspecified atom stereocenters. The number of amides is 4. The van der Waals surface area contributed by atoms with Gasteiger partial charge in [-0.3, -0.25) is 14.4 Å². The average molecular weight is 503 g/mol. The maximum absolute atomic E-state index is 14.1. The second-order valence-corrected chi connectivity index (χ2v) is 11.8. The number of aryl methyl sites for hydroxylation is 1. The first kappa shape index (κ1) is 29.1. The zero-order chi connectivity index (χ0) is 27.4. The van der Waals surface area contributed by atoms with Crippen LogP contribution in [-0.2, 0) is 19.1 Å². The van der Waals surface area contributed by atoms with Gasteiger partial charge in [0.1, 0.15) is 17.7 Å². The van der Waals surface area contributed by atoms with E-state index in [2.05, 4.69) is 10.6 Å². The fourth-order valence-electron chi connectivity index (χ4n) is 4.06. The zero-order valence-corrected chi connectivity index (χ0v) is 22.8. The molecule has 0 aromatic heterocycles. The van der Waals surface area contributed by atoms with Crippen molar-refractivity contribution in [3.05, 3.63) is 35.4 Å². The number of hydrogen-bond donors (Lipinski definition) is 3. The van der Waals surface area contributed by atoms with Crippen molar-refractivity contribution in [3.8, 4) is 0 Å². The van der Waals surface area contributed by atoms with Gasteiger partial charge >= 0.3 is 6.09 Å². The molecule has 0 radical (unpaired) electrons. The van der Waals surface area contributed by atoms with Crippen molar-refractivity contribution in [1.29, 1.82) is 0 Å². The standard InChI is InChI=1S/C27H42N4O5/c1-16-10-9-11-18(14-16)22(23(33)30-26(3,4)5)31(20-15-17(20)2)24(34)19(12-13-21(28)32)29-25(35)36-27(6,7)8/h9-11,14,17,19-20,22H,12-13,15H2,1-8H3,(H2,28,32)(H,29,35)(H,30,33). The number of carbonyl (C=O) groups is 4. The summed E-state index contributed by atoms with van der Waals surface area (Å²) in [5, 5.41) is 5.63. The quantitative estimate of drug-likeness (QED) is 0.477. The van der Waals surface area contributed by atoms with Gasteiger partial charge in [0.15, 0.2) is 0 Å². The number of nitrogens with two attached hydrogens (primary N) is 1. The van der Waals surface area contributed by atoms with Crippen LogP contribution in [-0.4, -0.2) is 51.9 Å². The van der Waals surface area contributed by atoms with E-state index in [4.69, 9.17) is 10.5 Å². The van der Waals surface area contributed by atoms with Crippen molar-refractivity contribution in [1.82, 2.24) is 15.5 Å². The molecule has 9 heteroatoms. The van der Waals surface area contributed by atoms with E-state index >= 15 is 0 Å². The Labute approximate surface area is 214 Å². The molecule has 36 heavy (non-hydrogen) atoms. The lowest BCUT2D eigenvalue weighted by atomic mass is 9.98. The van der Waals surface area contributed by atoms with E-state index in [1.807, 2.05) is 58.9 Å². The van der Waals surface area contributed by atoms with Gasteiger partial charge in [-0.25, -0.2) is 4.79 Å². The largest absolute Gasteiger partial charge is 0.444 e. The highest BCUT2D eigenvalue weighted by atomic mass is 16.6. The van der Waals surface area contributed by atoms with Gasteiger partial charge < -0.3 is 26.0 Å². The lowest BCUT2D eigenvalue weighted by Crippen LogP contribution is -2.55. The summed E-state index contributed by atoms with van der Waals surface area (Å²) < 4.78 is 5.36. The first-order valence-electron chi connectivity index (χ1n) is 12.5. The SMILES string of the molecule is Cc1cccc(C(C(=O)NC(C)(C)C)N(C(=O)C(CCC(N)=O)NC(=O)OC(C)(C)C)C2CC2C)c1. The molecule has 1 aliphatic rings. The number of hydrogen-bond acceptors (Lipinski definition) is 5. The minimum atomic E-state index is -1.09. The Kier molecular flexibility index (Phi) is 9.15. The Hall–Kier alpha value is -3.10. The van der Waals surface area contributed by atoms with E-state index in [-0.39, 0.29) is 30.7 Å². The number of alkyl carbamates (subject to hydrolysis) is 1. The van der Waals surface area contributed by atoms with E-state index in [0.29, 0.717) is 5.56 Å². The minimum Gasteiger partial charge on any atom is -0.444 e. The second-order valence-electron chi connectivity index (χ2n) is 11.8. The molecule has 1 fully saturated rings. The predicted octanol–water partition coefficient (Wildman–Crippen LogP) is 3.35. The van der Waals surface area contributed by atoms with Crippen LogP contribution in [0, 0.1) is 12.8 Å². The van der Waals surface area contributed by atoms with Crippen molar-refractivity contribution in [3.63, 3.8) is 0 Å². The zero-order valence-electron chi connectivity index (χ0n) is 22.8. The number of ether oxygens (including phenoxy) is 1. The third kappa shape index (κ3) is 8.84. The number of primary amides is 1. The fourth-order valence-corrected chi connectivity index (χ4v) is 4.06. The molecule has 9 nitrogen and oxygen atoms in total. The average Bonchev–Trinajstić information content (AvgIpc) is 3.41. The molecule has 1 saturated carbocycles. The molecule has 4 N–H and O–H groups in total. The van der Waals surface area contributed by atoms with Crippen LogP contribution in [0.1, 0.15) is 84.9 Å². The van der Waals surface area contributed by atoms with Gasteiger partial charge in [0.05, 0.1) is 0 Å². The number of nitrogens with one attached hydrogen (secondary N) is 2. The topological polar surface area (TPSA) is 131 Å². The lowest BCUT2D eigenvalue weighted by molar-refractivity contribution is -0.144. The predicted molar refractivity (Wildman–Crippen MR) is 138 cm³/mol. The van der Waals surface area contributed by atoms with E-state index in [9.17, 15) is 19.2 Å². The first-order valence-corrected chi connectivity index (χ1v) is 12.5. The highest BCUT2D eigenvalue weighted by Gasteiger charge is 2.48. The molecular formula is C27H42N4O5. The molecule has 4 atom stereocenters. The van der Waals surface area contributed by atoms with Crippen molar-refractivity contribution in [2.24, 2.45) is 11.7 Å². The van der Waals surface area contributed by atoms with Crippen LogP contribution in [0.15, 0.2) is 24.3 Å². The van der Waals surface area contributed by atoms with E-state index in [0.717, 1.165) is 12.0 Å². The highest BCUT2D eigenvalue weighted by Crippen LogP contribution is 2.41. The van der Waals surface area contributed by atoms with Crippen LogP contribution in [0.3, 0.4) is 0 Å². The van der Waals surface area contributed by atoms with Gasteiger partial charge in [0.2, 0.25) is 17.7 Å². The number of rotatable bonds is 9. The normalized spacial score (nSPS) is 19.0. The number of carbonyl (C=O) groups excluding carboxylic acids is 4. The Morgan fingerprint density at radius 3 is 2.22 bits per heavy atom. The van der Waals surface area contributed by atoms with Gasteiger partial charge in [-0.15, -0.1) is 0 Å². The maximum Gasteiger partial charge on any atom is 0.408 e. The molecule has 0 saturated heterocycles. The van der Waals surface area contributed by atoms with Crippen molar-refractivity contribution < 1.29 is 23.9 Å². The number of nitrogens with zero attached hydrogens (tertiary/aromatic N) is 1. The summed E-state index contributed by atoms with van der Waals surface area (Å²) in [6.45, 7) is 14.7. The summed E-state index contributed by atoms with van der Waals surface area (Å²) in [5.74, 6) is -1.17. The Morgan fingerprint density at radius 2 is 1.75 bits per heavy atom. The summed E-state index contributed by atoms with van der Waals surface area (Å²) in [6.07, 6.45) is -0.165. The van der Waals surface area contributed by atoms with E-state index in [1.165, 1.54) is 0 Å². The molecule has 200 valence electrons. The van der Waals surface area contributed by atoms with E-state index in [1.54, 1.807) is 25.7 Å². The molecule has 1 aromatic rings. The summed E-state index contributed by atoms with van der Waals surface area (Å²) in [5.41, 5.74) is 5.69. The highest BCUT2D eigenvalue weighted by molar-refractivity contribution is 5.93. The van der Waals surface area contributed by atoms with Gasteiger partial charge in [0.25, 0.3) is 0 Å². The van der Waals surface area contributed by atoms with Gasteiger partial charge in [-0.1, -0.05) is 36.8 Å². The molecule has 0 spiro atoms. The minimum absolute atomic E-state index is 0.00750. The fraction of sp³-hybridized carbons (Fsp3) is 0.630. The smallest absolute Gasteiger partial charge is 0.408 e. The number of benzene rings is 1. The van der Waals surface area contributed by atoms with Crippen LogP contribution in [0.25, 0.3) is 0 Å². The Morgan fingerprint density at radius 1 is 1.14 bits per heavy atom. The summed E-state index contributed by atoms with van der Waals surface area (Å²) in [7, 11) is 0. The molecular weight excluding hydrogens is 460 g/mol. The molecule has 0 heterocycles. The summed E-state index contributed by atoms with van der Waals surface area (Å²) in [4.78, 5) is 53.5. The van der Waals surface area contributed by atoms with Crippen LogP contribution in [0.2, 0.25) is 0 Å². The Bertz CT molecular complexity index is 979. The third-order valence-electron chi connectivity index (χ3n) is 5.73. The van der Waals surface area contributed by atoms with Crippen LogP contribution in [0.4, 0.5) is 4.79 Å². The molecule has 0 bridgehead atoms. The van der Waals surface area contributed by atoms with Crippen LogP contribution < -0.4 is 16.4 Å². The molecule has 0 aliphatic heterocycles. The summed E-state index contributed by atoms with van der Waals surface area (Å²) >= 11 is 0. The first-order chi connectivity index (χ1) is 16.5. The molecule has 1 aliphatic carbocycles. The van der Waals surface area contributed by atoms with Gasteiger partial charge in [-0.2, -0.15) is 0 Å². The van der Waals surface area contributed by atoms with Crippen LogP contribution in [0.5, 0.6) is 0 Å². The van der Waals surface area contributed by atoms with Crippen molar-refractivity contribution >= 4 is 23.8 Å². The summed E-state index contributed by atoms with van der Waals surface area (Å²) in [6, 6.07) is 5.30. The molecule has 4 amide bonds. The van der Waals surface area contributed by atoms with Crippen molar-refractivity contribution in [2.45, 2.75) is 104 Å². The Balaban J connectivity index is 2.51. The maximum atomic E-state index is 14.1. The molecule has 1 aromatic carbocycles.